The average Bonchev–Trinajstić information content (AvgIpc) is 3.28. The Labute approximate surface area is 235 Å². The molecule has 3 aromatic rings. The zero-order chi connectivity index (χ0) is 27.7. The van der Waals surface area contributed by atoms with E-state index in [2.05, 4.69) is 41.1 Å². The molecule has 5 rings (SSSR count). The molecule has 8 nitrogen and oxygen atoms in total. The van der Waals surface area contributed by atoms with Gasteiger partial charge in [0.25, 0.3) is 0 Å². The minimum absolute atomic E-state index is 0.00781. The number of benzene rings is 2. The number of nitrogens with zero attached hydrogens (tertiary/aromatic N) is 4. The van der Waals surface area contributed by atoms with Crippen LogP contribution in [0.4, 0.5) is 5.82 Å². The van der Waals surface area contributed by atoms with Crippen molar-refractivity contribution in [1.29, 1.82) is 0 Å². The number of hydrogen-bond donors (Lipinski definition) is 1. The SMILES string of the molecule is CC(C)N(C)[C@@H]1CC[C@H](N2CC[C@H](Nc3ncnc4ccc(Cl)cc34)C2=O)[C@H](CS(=O)(=O)c2ccccc2)C1. The first kappa shape index (κ1) is 27.8. The predicted molar refractivity (Wildman–Crippen MR) is 155 cm³/mol. The lowest BCUT2D eigenvalue weighted by atomic mass is 9.81. The highest BCUT2D eigenvalue weighted by atomic mass is 35.5. The molecular formula is C29H36ClN5O3S. The van der Waals surface area contributed by atoms with E-state index in [0.29, 0.717) is 34.7 Å². The number of aromatic nitrogens is 2. The zero-order valence-electron chi connectivity index (χ0n) is 22.6. The molecule has 208 valence electrons. The summed E-state index contributed by atoms with van der Waals surface area (Å²) in [7, 11) is -1.39. The molecule has 4 atom stereocenters. The van der Waals surface area contributed by atoms with Gasteiger partial charge in [0.2, 0.25) is 5.91 Å². The lowest BCUT2D eigenvalue weighted by Crippen LogP contribution is -2.52. The minimum Gasteiger partial charge on any atom is -0.358 e. The molecule has 1 aliphatic heterocycles. The Morgan fingerprint density at radius 3 is 2.62 bits per heavy atom. The monoisotopic (exact) mass is 569 g/mol. The number of fused-ring (bicyclic) bond motifs is 1. The van der Waals surface area contributed by atoms with Crippen molar-refractivity contribution in [3.8, 4) is 0 Å². The maximum atomic E-state index is 13.8. The summed E-state index contributed by atoms with van der Waals surface area (Å²) in [6.45, 7) is 4.90. The summed E-state index contributed by atoms with van der Waals surface area (Å²) in [6, 6.07) is 14.1. The van der Waals surface area contributed by atoms with Gasteiger partial charge in [-0.3, -0.25) is 4.79 Å². The fourth-order valence-electron chi connectivity index (χ4n) is 6.08. The van der Waals surface area contributed by atoms with Gasteiger partial charge in [0.15, 0.2) is 9.84 Å². The Morgan fingerprint density at radius 2 is 1.87 bits per heavy atom. The van der Waals surface area contributed by atoms with Crippen LogP contribution in [0.15, 0.2) is 59.8 Å². The van der Waals surface area contributed by atoms with E-state index in [1.807, 2.05) is 17.0 Å². The number of carbonyl (C=O) groups excluding carboxylic acids is 1. The van der Waals surface area contributed by atoms with E-state index in [4.69, 9.17) is 11.6 Å². The van der Waals surface area contributed by atoms with Crippen LogP contribution in [0, 0.1) is 5.92 Å². The minimum atomic E-state index is -3.50. The normalized spacial score (nSPS) is 24.2. The fraction of sp³-hybridized carbons (Fsp3) is 0.483. The molecule has 2 fully saturated rings. The largest absolute Gasteiger partial charge is 0.358 e. The van der Waals surface area contributed by atoms with Gasteiger partial charge in [0.05, 0.1) is 16.2 Å². The Balaban J connectivity index is 1.37. The molecule has 1 aromatic heterocycles. The third-order valence-electron chi connectivity index (χ3n) is 8.39. The molecule has 0 spiro atoms. The van der Waals surface area contributed by atoms with E-state index in [9.17, 15) is 13.2 Å². The van der Waals surface area contributed by atoms with Crippen LogP contribution in [0.2, 0.25) is 5.02 Å². The van der Waals surface area contributed by atoms with E-state index in [1.165, 1.54) is 6.33 Å². The van der Waals surface area contributed by atoms with Gasteiger partial charge in [-0.2, -0.15) is 0 Å². The molecule has 2 heterocycles. The Bertz CT molecular complexity index is 1440. The van der Waals surface area contributed by atoms with Crippen LogP contribution in [0.1, 0.15) is 39.5 Å². The fourth-order valence-corrected chi connectivity index (χ4v) is 7.94. The predicted octanol–water partition coefficient (Wildman–Crippen LogP) is 4.65. The van der Waals surface area contributed by atoms with Gasteiger partial charge < -0.3 is 15.1 Å². The van der Waals surface area contributed by atoms with Gasteiger partial charge in [-0.15, -0.1) is 0 Å². The van der Waals surface area contributed by atoms with Crippen LogP contribution in [-0.2, 0) is 14.6 Å². The summed E-state index contributed by atoms with van der Waals surface area (Å²) in [5, 5.41) is 4.67. The lowest BCUT2D eigenvalue weighted by molar-refractivity contribution is -0.132. The van der Waals surface area contributed by atoms with Crippen LogP contribution < -0.4 is 5.32 Å². The maximum absolute atomic E-state index is 13.8. The summed E-state index contributed by atoms with van der Waals surface area (Å²) < 4.78 is 26.9. The number of amides is 1. The third kappa shape index (κ3) is 5.90. The van der Waals surface area contributed by atoms with Gasteiger partial charge >= 0.3 is 0 Å². The van der Waals surface area contributed by atoms with Crippen molar-refractivity contribution < 1.29 is 13.2 Å². The van der Waals surface area contributed by atoms with Gasteiger partial charge in [0, 0.05) is 35.1 Å². The second-order valence-corrected chi connectivity index (χ2v) is 13.5. The van der Waals surface area contributed by atoms with Crippen LogP contribution in [0.3, 0.4) is 0 Å². The van der Waals surface area contributed by atoms with Crippen LogP contribution >= 0.6 is 11.6 Å². The van der Waals surface area contributed by atoms with E-state index in [-0.39, 0.29) is 29.7 Å². The molecule has 0 bridgehead atoms. The average molecular weight is 570 g/mol. The lowest BCUT2D eigenvalue weighted by Gasteiger charge is -2.44. The smallest absolute Gasteiger partial charge is 0.245 e. The summed E-state index contributed by atoms with van der Waals surface area (Å²) in [5.41, 5.74) is 0.748. The van der Waals surface area contributed by atoms with E-state index >= 15 is 0 Å². The Hall–Kier alpha value is -2.75. The zero-order valence-corrected chi connectivity index (χ0v) is 24.2. The number of sulfone groups is 1. The van der Waals surface area contributed by atoms with Crippen molar-refractivity contribution in [2.24, 2.45) is 5.92 Å². The Morgan fingerprint density at radius 1 is 1.10 bits per heavy atom. The molecule has 2 aromatic carbocycles. The number of rotatable bonds is 8. The first-order chi connectivity index (χ1) is 18.6. The standard InChI is InChI=1S/C29H36ClN5O3S/c1-19(2)34(3)22-10-12-27(20(15-22)17-39(37,38)23-7-5-4-6-8-23)35-14-13-26(29(35)36)33-28-24-16-21(30)9-11-25(24)31-18-32-28/h4-9,11,16,18-20,22,26-27H,10,12-15,17H2,1-3H3,(H,31,32,33)/t20-,22+,26-,27-/m0/s1. The first-order valence-electron chi connectivity index (χ1n) is 13.6. The number of likely N-dealkylation sites (tertiary alicyclic amines) is 1. The molecule has 39 heavy (non-hydrogen) atoms. The number of carbonyl (C=O) groups is 1. The van der Waals surface area contributed by atoms with Gasteiger partial charge in [-0.1, -0.05) is 29.8 Å². The number of hydrogen-bond acceptors (Lipinski definition) is 7. The molecule has 1 saturated carbocycles. The second kappa shape index (κ2) is 11.4. The van der Waals surface area contributed by atoms with Crippen molar-refractivity contribution >= 4 is 44.1 Å². The molecule has 1 amide bonds. The van der Waals surface area contributed by atoms with Gasteiger partial charge in [-0.05, 0) is 82.8 Å². The van der Waals surface area contributed by atoms with E-state index < -0.39 is 15.9 Å². The van der Waals surface area contributed by atoms with Crippen LogP contribution in [0.5, 0.6) is 0 Å². The molecular weight excluding hydrogens is 534 g/mol. The Kier molecular flexibility index (Phi) is 8.12. The molecule has 1 N–H and O–H groups in total. The number of halogens is 1. The van der Waals surface area contributed by atoms with Crippen molar-refractivity contribution in [3.05, 3.63) is 59.9 Å². The number of anilines is 1. The van der Waals surface area contributed by atoms with Crippen molar-refractivity contribution in [1.82, 2.24) is 19.8 Å². The highest BCUT2D eigenvalue weighted by Crippen LogP contribution is 2.36. The van der Waals surface area contributed by atoms with Crippen molar-refractivity contribution in [3.63, 3.8) is 0 Å². The van der Waals surface area contributed by atoms with E-state index in [0.717, 1.165) is 30.2 Å². The quantitative estimate of drug-likeness (QED) is 0.422. The highest BCUT2D eigenvalue weighted by molar-refractivity contribution is 7.91. The second-order valence-electron chi connectivity index (χ2n) is 11.0. The van der Waals surface area contributed by atoms with Crippen molar-refractivity contribution in [2.75, 3.05) is 24.7 Å². The van der Waals surface area contributed by atoms with Gasteiger partial charge in [0.1, 0.15) is 18.2 Å². The summed E-state index contributed by atoms with van der Waals surface area (Å²) in [5.74, 6) is 0.442. The molecule has 2 aliphatic rings. The first-order valence-corrected chi connectivity index (χ1v) is 15.6. The van der Waals surface area contributed by atoms with Crippen LogP contribution in [0.25, 0.3) is 10.9 Å². The molecule has 1 aliphatic carbocycles. The summed E-state index contributed by atoms with van der Waals surface area (Å²) in [6.07, 6.45) is 4.54. The topological polar surface area (TPSA) is 95.5 Å². The summed E-state index contributed by atoms with van der Waals surface area (Å²) in [4.78, 5) is 27.0. The molecule has 0 unspecified atom stereocenters. The van der Waals surface area contributed by atoms with Crippen LogP contribution in [-0.4, -0.2) is 77.6 Å². The highest BCUT2D eigenvalue weighted by Gasteiger charge is 2.44. The van der Waals surface area contributed by atoms with Gasteiger partial charge in [-0.25, -0.2) is 18.4 Å². The molecule has 1 saturated heterocycles. The molecule has 10 heteroatoms. The van der Waals surface area contributed by atoms with E-state index in [1.54, 1.807) is 36.4 Å². The van der Waals surface area contributed by atoms with Crippen molar-refractivity contribution in [2.45, 2.75) is 68.6 Å². The number of nitrogens with one attached hydrogen (secondary N) is 1. The molecule has 0 radical (unpaired) electrons. The maximum Gasteiger partial charge on any atom is 0.245 e. The third-order valence-corrected chi connectivity index (χ3v) is 10.5. The summed E-state index contributed by atoms with van der Waals surface area (Å²) >= 11 is 6.22.